The maximum atomic E-state index is 13.8. The summed E-state index contributed by atoms with van der Waals surface area (Å²) in [7, 11) is -0.789. The summed E-state index contributed by atoms with van der Waals surface area (Å²) in [6.07, 6.45) is 5.59. The molecule has 0 aliphatic carbocycles. The Hall–Kier alpha value is -3.90. The summed E-state index contributed by atoms with van der Waals surface area (Å²) in [4.78, 5) is 12.8. The monoisotopic (exact) mass is 538 g/mol. The molecule has 0 N–H and O–H groups in total. The van der Waals surface area contributed by atoms with Gasteiger partial charge in [0, 0.05) is 30.8 Å². The molecule has 0 aliphatic heterocycles. The number of hydrogen-bond donors (Lipinski definition) is 0. The molecule has 200 valence electrons. The number of rotatable bonds is 11. The molecule has 0 saturated heterocycles. The zero-order valence-electron chi connectivity index (χ0n) is 21.9. The summed E-state index contributed by atoms with van der Waals surface area (Å²) < 4.78 is 46.3. The lowest BCUT2D eigenvalue weighted by Crippen LogP contribution is -2.30. The van der Waals surface area contributed by atoms with Crippen molar-refractivity contribution >= 4 is 9.84 Å². The standard InChI is InChI=1S/C26H30N6O5S/c1-6-37-25(20-15-28-17(2)13-29-20)18(3)38(33,34)16-23-30-31-26(19-9-8-12-27-14-19)32(23)24-21(35-4)10-7-11-22(24)36-5/h7-15,18,25H,6,16H2,1-5H3/t18-,25-/m1/s1. The van der Waals surface area contributed by atoms with Crippen LogP contribution in [0.1, 0.15) is 37.2 Å². The molecule has 4 aromatic rings. The Balaban J connectivity index is 1.83. The number of ether oxygens (including phenoxy) is 3. The van der Waals surface area contributed by atoms with Crippen molar-refractivity contribution in [2.24, 2.45) is 0 Å². The average Bonchev–Trinajstić information content (AvgIpc) is 3.34. The summed E-state index contributed by atoms with van der Waals surface area (Å²) >= 11 is 0. The van der Waals surface area contributed by atoms with Crippen molar-refractivity contribution in [1.82, 2.24) is 29.7 Å². The lowest BCUT2D eigenvalue weighted by molar-refractivity contribution is 0.0586. The fourth-order valence-electron chi connectivity index (χ4n) is 4.07. The fourth-order valence-corrected chi connectivity index (χ4v) is 5.47. The van der Waals surface area contributed by atoms with Gasteiger partial charge in [-0.2, -0.15) is 0 Å². The molecule has 2 atom stereocenters. The minimum absolute atomic E-state index is 0.184. The van der Waals surface area contributed by atoms with Gasteiger partial charge in [0.1, 0.15) is 29.0 Å². The van der Waals surface area contributed by atoms with E-state index in [9.17, 15) is 8.42 Å². The largest absolute Gasteiger partial charge is 0.494 e. The first-order valence-electron chi connectivity index (χ1n) is 12.0. The van der Waals surface area contributed by atoms with Gasteiger partial charge in [0.05, 0.1) is 37.1 Å². The van der Waals surface area contributed by atoms with E-state index in [2.05, 4.69) is 25.1 Å². The number of para-hydroxylation sites is 1. The van der Waals surface area contributed by atoms with Crippen LogP contribution in [-0.4, -0.2) is 64.2 Å². The second-order valence-electron chi connectivity index (χ2n) is 8.50. The number of aromatic nitrogens is 6. The third-order valence-electron chi connectivity index (χ3n) is 6.04. The van der Waals surface area contributed by atoms with E-state index in [1.807, 2.05) is 13.0 Å². The molecule has 3 aromatic heterocycles. The van der Waals surface area contributed by atoms with Crippen LogP contribution in [0.5, 0.6) is 11.5 Å². The fraction of sp³-hybridized carbons (Fsp3) is 0.346. The average molecular weight is 539 g/mol. The van der Waals surface area contributed by atoms with E-state index in [0.29, 0.717) is 40.9 Å². The van der Waals surface area contributed by atoms with Crippen molar-refractivity contribution in [3.63, 3.8) is 0 Å². The second kappa shape index (κ2) is 11.7. The topological polar surface area (TPSA) is 131 Å². The van der Waals surface area contributed by atoms with E-state index in [1.54, 1.807) is 67.5 Å². The second-order valence-corrected chi connectivity index (χ2v) is 10.9. The molecule has 11 nitrogen and oxygen atoms in total. The third-order valence-corrected chi connectivity index (χ3v) is 8.08. The molecule has 0 unspecified atom stereocenters. The number of benzene rings is 1. The van der Waals surface area contributed by atoms with E-state index < -0.39 is 26.9 Å². The highest BCUT2D eigenvalue weighted by Gasteiger charge is 2.35. The van der Waals surface area contributed by atoms with E-state index in [-0.39, 0.29) is 5.82 Å². The molecule has 0 bridgehead atoms. The Morgan fingerprint density at radius 2 is 1.71 bits per heavy atom. The number of sulfone groups is 1. The normalized spacial score (nSPS) is 13.2. The molecule has 38 heavy (non-hydrogen) atoms. The summed E-state index contributed by atoms with van der Waals surface area (Å²) in [5.74, 6) is 1.07. The minimum atomic E-state index is -3.84. The summed E-state index contributed by atoms with van der Waals surface area (Å²) in [6.45, 7) is 5.52. The van der Waals surface area contributed by atoms with Crippen molar-refractivity contribution in [2.75, 3.05) is 20.8 Å². The molecule has 4 rings (SSSR count). The maximum absolute atomic E-state index is 13.8. The van der Waals surface area contributed by atoms with Crippen LogP contribution in [0.2, 0.25) is 0 Å². The quantitative estimate of drug-likeness (QED) is 0.279. The molecule has 0 fully saturated rings. The van der Waals surface area contributed by atoms with Gasteiger partial charge in [-0.1, -0.05) is 6.07 Å². The van der Waals surface area contributed by atoms with Crippen LogP contribution < -0.4 is 9.47 Å². The van der Waals surface area contributed by atoms with Gasteiger partial charge in [0.15, 0.2) is 21.5 Å². The van der Waals surface area contributed by atoms with Gasteiger partial charge in [-0.05, 0) is 45.0 Å². The van der Waals surface area contributed by atoms with Crippen LogP contribution in [0, 0.1) is 6.92 Å². The Morgan fingerprint density at radius 3 is 2.29 bits per heavy atom. The molecular formula is C26H30N6O5S. The van der Waals surface area contributed by atoms with Crippen molar-refractivity contribution in [3.05, 3.63) is 72.3 Å². The van der Waals surface area contributed by atoms with E-state index >= 15 is 0 Å². The van der Waals surface area contributed by atoms with E-state index in [0.717, 1.165) is 5.69 Å². The molecule has 12 heteroatoms. The van der Waals surface area contributed by atoms with Gasteiger partial charge in [0.2, 0.25) is 0 Å². The molecular weight excluding hydrogens is 508 g/mol. The lowest BCUT2D eigenvalue weighted by Gasteiger charge is -2.23. The van der Waals surface area contributed by atoms with Gasteiger partial charge in [-0.3, -0.25) is 19.5 Å². The minimum Gasteiger partial charge on any atom is -0.494 e. The predicted octanol–water partition coefficient (Wildman–Crippen LogP) is 3.53. The molecule has 0 radical (unpaired) electrons. The van der Waals surface area contributed by atoms with Gasteiger partial charge in [-0.25, -0.2) is 8.42 Å². The Bertz CT molecular complexity index is 1450. The van der Waals surface area contributed by atoms with E-state index in [1.165, 1.54) is 14.2 Å². The first-order valence-corrected chi connectivity index (χ1v) is 13.7. The zero-order valence-corrected chi connectivity index (χ0v) is 22.7. The number of hydrogen-bond acceptors (Lipinski definition) is 10. The Labute approximate surface area is 221 Å². The SMILES string of the molecule is CCO[C@@H](c1cnc(C)cn1)[C@@H](C)S(=O)(=O)Cc1nnc(-c2cccnc2)n1-c1c(OC)cccc1OC. The molecule has 0 aliphatic rings. The molecule has 0 spiro atoms. The van der Waals surface area contributed by atoms with Crippen LogP contribution in [0.15, 0.2) is 55.1 Å². The first-order chi connectivity index (χ1) is 18.3. The Kier molecular flexibility index (Phi) is 8.32. The highest BCUT2D eigenvalue weighted by Crippen LogP contribution is 2.37. The van der Waals surface area contributed by atoms with Crippen molar-refractivity contribution in [1.29, 1.82) is 0 Å². The smallest absolute Gasteiger partial charge is 0.170 e. The van der Waals surface area contributed by atoms with Crippen LogP contribution in [0.4, 0.5) is 0 Å². The highest BCUT2D eigenvalue weighted by atomic mass is 32.2. The lowest BCUT2D eigenvalue weighted by atomic mass is 10.2. The molecule has 0 saturated carbocycles. The first kappa shape index (κ1) is 27.1. The highest BCUT2D eigenvalue weighted by molar-refractivity contribution is 7.91. The van der Waals surface area contributed by atoms with Gasteiger partial charge in [0.25, 0.3) is 0 Å². The van der Waals surface area contributed by atoms with Crippen molar-refractivity contribution in [3.8, 4) is 28.6 Å². The predicted molar refractivity (Wildman–Crippen MR) is 141 cm³/mol. The van der Waals surface area contributed by atoms with Crippen molar-refractivity contribution in [2.45, 2.75) is 37.9 Å². The molecule has 3 heterocycles. The number of methoxy groups -OCH3 is 2. The summed E-state index contributed by atoms with van der Waals surface area (Å²) in [6, 6.07) is 8.88. The molecule has 1 aromatic carbocycles. The van der Waals surface area contributed by atoms with Crippen LogP contribution in [0.25, 0.3) is 17.1 Å². The number of aryl methyl sites for hydroxylation is 1. The van der Waals surface area contributed by atoms with Crippen LogP contribution in [-0.2, 0) is 20.3 Å². The summed E-state index contributed by atoms with van der Waals surface area (Å²) in [5.41, 5.74) is 2.29. The number of nitrogens with zero attached hydrogens (tertiary/aromatic N) is 6. The van der Waals surface area contributed by atoms with E-state index in [4.69, 9.17) is 14.2 Å². The maximum Gasteiger partial charge on any atom is 0.170 e. The number of pyridine rings is 1. The Morgan fingerprint density at radius 1 is 0.974 bits per heavy atom. The van der Waals surface area contributed by atoms with Crippen molar-refractivity contribution < 1.29 is 22.6 Å². The van der Waals surface area contributed by atoms with Gasteiger partial charge in [-0.15, -0.1) is 10.2 Å². The molecule has 0 amide bonds. The third kappa shape index (κ3) is 5.50. The van der Waals surface area contributed by atoms with Gasteiger partial charge < -0.3 is 14.2 Å². The van der Waals surface area contributed by atoms with Crippen LogP contribution in [0.3, 0.4) is 0 Å². The van der Waals surface area contributed by atoms with Gasteiger partial charge >= 0.3 is 0 Å². The summed E-state index contributed by atoms with van der Waals surface area (Å²) in [5, 5.41) is 7.70. The van der Waals surface area contributed by atoms with Crippen LogP contribution >= 0.6 is 0 Å². The zero-order chi connectivity index (χ0) is 27.3.